The number of nitrogens with two attached hydrogens (primary N) is 1. The summed E-state index contributed by atoms with van der Waals surface area (Å²) in [7, 11) is 3.92. The van der Waals surface area contributed by atoms with E-state index in [1.54, 1.807) is 11.8 Å². The van der Waals surface area contributed by atoms with Crippen LogP contribution in [0.5, 0.6) is 0 Å². The molecule has 3 N–H and O–H groups in total. The van der Waals surface area contributed by atoms with Crippen molar-refractivity contribution in [3.05, 3.63) is 52.2 Å². The summed E-state index contributed by atoms with van der Waals surface area (Å²) in [6.07, 6.45) is 7.69. The molecule has 3 aliphatic rings. The van der Waals surface area contributed by atoms with Crippen molar-refractivity contribution >= 4 is 35.1 Å². The number of fused-ring (bicyclic) bond motifs is 1. The standard InChI is InChI=1S/C24H31N7S/c1-30(2)23-27-21(20(25)22-26-18(15-32-22)16-9-4-3-5-10-16)28-24(29-23)31-14-8-12-17-11-6-7-13-19(17)31/h3-5,9-10,15,17,19,26H,6-8,11-14,25H2,1-2H3/b22-20+. The van der Waals surface area contributed by atoms with Gasteiger partial charge >= 0.3 is 0 Å². The summed E-state index contributed by atoms with van der Waals surface area (Å²) in [5.41, 5.74) is 9.34. The van der Waals surface area contributed by atoms with Crippen LogP contribution in [-0.4, -0.2) is 41.6 Å². The van der Waals surface area contributed by atoms with Gasteiger partial charge in [0.2, 0.25) is 11.9 Å². The number of hydrogen-bond donors (Lipinski definition) is 2. The molecule has 0 spiro atoms. The minimum absolute atomic E-state index is 0.530. The predicted octanol–water partition coefficient (Wildman–Crippen LogP) is 4.02. The summed E-state index contributed by atoms with van der Waals surface area (Å²) >= 11 is 1.58. The molecule has 1 aromatic heterocycles. The highest BCUT2D eigenvalue weighted by molar-refractivity contribution is 8.06. The molecule has 2 aromatic rings. The molecule has 1 saturated carbocycles. The molecule has 1 aliphatic carbocycles. The van der Waals surface area contributed by atoms with Gasteiger partial charge in [-0.3, -0.25) is 0 Å². The highest BCUT2D eigenvalue weighted by Gasteiger charge is 2.35. The van der Waals surface area contributed by atoms with Crippen molar-refractivity contribution in [3.63, 3.8) is 0 Å². The predicted molar refractivity (Wildman–Crippen MR) is 133 cm³/mol. The third kappa shape index (κ3) is 4.16. The number of nitrogens with one attached hydrogen (secondary N) is 1. The molecule has 8 heteroatoms. The van der Waals surface area contributed by atoms with E-state index in [1.165, 1.54) is 38.5 Å². The molecule has 32 heavy (non-hydrogen) atoms. The number of nitrogens with zero attached hydrogens (tertiary/aromatic N) is 5. The fourth-order valence-corrected chi connectivity index (χ4v) is 5.78. The lowest BCUT2D eigenvalue weighted by Crippen LogP contribution is -2.47. The molecule has 1 aromatic carbocycles. The average molecular weight is 450 g/mol. The van der Waals surface area contributed by atoms with E-state index in [0.29, 0.717) is 23.5 Å². The molecule has 2 atom stereocenters. The molecule has 2 unspecified atom stereocenters. The van der Waals surface area contributed by atoms with Gasteiger partial charge in [0.25, 0.3) is 0 Å². The Bertz CT molecular complexity index is 1030. The van der Waals surface area contributed by atoms with Crippen LogP contribution in [0, 0.1) is 5.92 Å². The molecule has 0 bridgehead atoms. The van der Waals surface area contributed by atoms with Gasteiger partial charge in [0.1, 0.15) is 10.7 Å². The maximum absolute atomic E-state index is 6.61. The van der Waals surface area contributed by atoms with Crippen molar-refractivity contribution < 1.29 is 0 Å². The minimum atomic E-state index is 0.530. The van der Waals surface area contributed by atoms with Crippen LogP contribution in [0.3, 0.4) is 0 Å². The fourth-order valence-electron chi connectivity index (χ4n) is 4.97. The molecule has 0 amide bonds. The van der Waals surface area contributed by atoms with Crippen LogP contribution < -0.4 is 20.9 Å². The van der Waals surface area contributed by atoms with Crippen LogP contribution in [0.25, 0.3) is 11.4 Å². The first kappa shape index (κ1) is 21.1. The first-order valence-corrected chi connectivity index (χ1v) is 12.4. The molecule has 0 radical (unpaired) electrons. The first-order valence-electron chi connectivity index (χ1n) is 11.5. The maximum Gasteiger partial charge on any atom is 0.231 e. The molecule has 2 aliphatic heterocycles. The van der Waals surface area contributed by atoms with Crippen LogP contribution in [-0.2, 0) is 0 Å². The van der Waals surface area contributed by atoms with Crippen LogP contribution in [0.4, 0.5) is 11.9 Å². The van der Waals surface area contributed by atoms with E-state index in [9.17, 15) is 0 Å². The lowest BCUT2D eigenvalue weighted by molar-refractivity contribution is 0.241. The quantitative estimate of drug-likeness (QED) is 0.724. The Labute approximate surface area is 194 Å². The van der Waals surface area contributed by atoms with Crippen LogP contribution >= 0.6 is 11.8 Å². The number of hydrogen-bond acceptors (Lipinski definition) is 8. The molecular weight excluding hydrogens is 418 g/mol. The Morgan fingerprint density at radius 2 is 1.84 bits per heavy atom. The highest BCUT2D eigenvalue weighted by Crippen LogP contribution is 2.38. The van der Waals surface area contributed by atoms with Crippen molar-refractivity contribution in [1.82, 2.24) is 20.3 Å². The largest absolute Gasteiger partial charge is 0.394 e. The zero-order valence-electron chi connectivity index (χ0n) is 18.8. The van der Waals surface area contributed by atoms with Gasteiger partial charge in [-0.15, -0.1) is 0 Å². The first-order chi connectivity index (χ1) is 15.6. The number of piperidine rings is 1. The molecular formula is C24H31N7S. The number of aromatic nitrogens is 3. The monoisotopic (exact) mass is 449 g/mol. The summed E-state index contributed by atoms with van der Waals surface area (Å²) in [5.74, 6) is 2.69. The zero-order chi connectivity index (χ0) is 22.1. The number of benzene rings is 1. The number of anilines is 2. The summed E-state index contributed by atoms with van der Waals surface area (Å²) in [4.78, 5) is 18.8. The molecule has 3 heterocycles. The Hall–Kier alpha value is -2.74. The third-order valence-electron chi connectivity index (χ3n) is 6.63. The second-order valence-corrected chi connectivity index (χ2v) is 9.86. The molecule has 168 valence electrons. The third-order valence-corrected chi connectivity index (χ3v) is 7.54. The molecule has 2 fully saturated rings. The average Bonchev–Trinajstić information content (AvgIpc) is 3.34. The second kappa shape index (κ2) is 9.02. The van der Waals surface area contributed by atoms with Gasteiger partial charge in [-0.25, -0.2) is 0 Å². The van der Waals surface area contributed by atoms with Gasteiger partial charge in [-0.1, -0.05) is 54.9 Å². The van der Waals surface area contributed by atoms with E-state index in [1.807, 2.05) is 37.2 Å². The summed E-state index contributed by atoms with van der Waals surface area (Å²) in [5, 5.41) is 6.40. The van der Waals surface area contributed by atoms with Gasteiger partial charge in [0, 0.05) is 32.1 Å². The van der Waals surface area contributed by atoms with E-state index in [0.717, 1.165) is 34.7 Å². The fraction of sp³-hybridized carbons (Fsp3) is 0.458. The molecule has 7 nitrogen and oxygen atoms in total. The minimum Gasteiger partial charge on any atom is -0.394 e. The van der Waals surface area contributed by atoms with Crippen molar-refractivity contribution in [1.29, 1.82) is 0 Å². The van der Waals surface area contributed by atoms with Gasteiger partial charge < -0.3 is 20.9 Å². The van der Waals surface area contributed by atoms with Gasteiger partial charge in [-0.05, 0) is 37.2 Å². The molecule has 5 rings (SSSR count). The van der Waals surface area contributed by atoms with Gasteiger partial charge in [-0.2, -0.15) is 15.0 Å². The van der Waals surface area contributed by atoms with Crippen LogP contribution in [0.1, 0.15) is 49.9 Å². The van der Waals surface area contributed by atoms with Crippen molar-refractivity contribution in [3.8, 4) is 0 Å². The summed E-state index contributed by atoms with van der Waals surface area (Å²) in [6, 6.07) is 10.8. The second-order valence-electron chi connectivity index (χ2n) is 8.98. The van der Waals surface area contributed by atoms with Crippen molar-refractivity contribution in [2.75, 3.05) is 30.4 Å². The maximum atomic E-state index is 6.61. The Kier molecular flexibility index (Phi) is 5.95. The van der Waals surface area contributed by atoms with E-state index in [2.05, 4.69) is 27.8 Å². The molecule has 1 saturated heterocycles. The van der Waals surface area contributed by atoms with Gasteiger partial charge in [0.05, 0.1) is 5.70 Å². The van der Waals surface area contributed by atoms with E-state index in [4.69, 9.17) is 20.7 Å². The van der Waals surface area contributed by atoms with E-state index in [-0.39, 0.29) is 0 Å². The lowest BCUT2D eigenvalue weighted by atomic mass is 9.78. The van der Waals surface area contributed by atoms with E-state index >= 15 is 0 Å². The lowest BCUT2D eigenvalue weighted by Gasteiger charge is -2.44. The normalized spacial score (nSPS) is 24.4. The van der Waals surface area contributed by atoms with Gasteiger partial charge in [0.15, 0.2) is 5.82 Å². The van der Waals surface area contributed by atoms with Crippen molar-refractivity contribution in [2.24, 2.45) is 11.7 Å². The highest BCUT2D eigenvalue weighted by atomic mass is 32.2. The zero-order valence-corrected chi connectivity index (χ0v) is 19.6. The van der Waals surface area contributed by atoms with Crippen LogP contribution in [0.2, 0.25) is 0 Å². The Balaban J connectivity index is 1.47. The van der Waals surface area contributed by atoms with Crippen molar-refractivity contribution in [2.45, 2.75) is 44.6 Å². The summed E-state index contributed by atoms with van der Waals surface area (Å²) in [6.45, 7) is 1.00. The smallest absolute Gasteiger partial charge is 0.231 e. The van der Waals surface area contributed by atoms with Crippen LogP contribution in [0.15, 0.2) is 40.8 Å². The SMILES string of the molecule is CN(C)c1nc(/C(N)=C2/NC(c3ccccc3)=CS2)nc(N2CCCC3CCCCC32)n1. The Morgan fingerprint density at radius 1 is 1.06 bits per heavy atom. The van der Waals surface area contributed by atoms with E-state index < -0.39 is 0 Å². The number of thioether (sulfide) groups is 1. The summed E-state index contributed by atoms with van der Waals surface area (Å²) < 4.78 is 0. The Morgan fingerprint density at radius 3 is 2.66 bits per heavy atom. The topological polar surface area (TPSA) is 83.2 Å². The number of rotatable bonds is 4.